The maximum atomic E-state index is 5.09. The van der Waals surface area contributed by atoms with Crippen LogP contribution in [0.3, 0.4) is 0 Å². The predicted molar refractivity (Wildman–Crippen MR) is 80.9 cm³/mol. The summed E-state index contributed by atoms with van der Waals surface area (Å²) in [5.74, 6) is 1.55. The summed E-state index contributed by atoms with van der Waals surface area (Å²) in [5, 5.41) is 0. The van der Waals surface area contributed by atoms with Gasteiger partial charge in [0.25, 0.3) is 0 Å². The van der Waals surface area contributed by atoms with Gasteiger partial charge in [-0.15, -0.1) is 0 Å². The molecular weight excluding hydrogens is 226 g/mol. The highest BCUT2D eigenvalue weighted by Crippen LogP contribution is 2.47. The Bertz CT molecular complexity index is 249. The summed E-state index contributed by atoms with van der Waals surface area (Å²) in [6.45, 7) is 12.9. The van der Waals surface area contributed by atoms with Gasteiger partial charge in [0, 0.05) is 10.3 Å². The number of hydrogen-bond donors (Lipinski definition) is 1. The van der Waals surface area contributed by atoms with Crippen molar-refractivity contribution in [1.82, 2.24) is 4.90 Å². The van der Waals surface area contributed by atoms with Gasteiger partial charge in [-0.1, -0.05) is 27.7 Å². The molecule has 2 heteroatoms. The van der Waals surface area contributed by atoms with E-state index in [1.54, 1.807) is 0 Å². The van der Waals surface area contributed by atoms with Gasteiger partial charge in [-0.05, 0) is 58.0 Å². The lowest BCUT2D eigenvalue weighted by Gasteiger charge is -2.56. The zero-order valence-corrected chi connectivity index (χ0v) is 13.5. The van der Waals surface area contributed by atoms with E-state index in [2.05, 4.69) is 46.6 Å². The quantitative estimate of drug-likeness (QED) is 0.738. The van der Waals surface area contributed by atoms with E-state index in [1.807, 2.05) is 0 Å². The van der Waals surface area contributed by atoms with Gasteiger partial charge in [-0.25, -0.2) is 0 Å². The standard InChI is InChI=1S/C15H31NS/c1-7-15(14(5,17)10-12(2)3)11-13(4)8-9-16(15)6/h12-13,17H,7-11H2,1-6H3. The van der Waals surface area contributed by atoms with Gasteiger partial charge < -0.3 is 0 Å². The Labute approximate surface area is 114 Å². The molecule has 1 heterocycles. The molecule has 0 aromatic heterocycles. The van der Waals surface area contributed by atoms with Crippen LogP contribution in [-0.2, 0) is 0 Å². The van der Waals surface area contributed by atoms with Crippen molar-refractivity contribution in [1.29, 1.82) is 0 Å². The van der Waals surface area contributed by atoms with Crippen molar-refractivity contribution in [3.05, 3.63) is 0 Å². The molecule has 0 aromatic rings. The summed E-state index contributed by atoms with van der Waals surface area (Å²) in [6.07, 6.45) is 5.04. The molecule has 0 radical (unpaired) electrons. The molecule has 1 aliphatic rings. The lowest BCUT2D eigenvalue weighted by atomic mass is 9.69. The molecule has 3 atom stereocenters. The second-order valence-electron chi connectivity index (χ2n) is 6.78. The van der Waals surface area contributed by atoms with Crippen LogP contribution in [0.4, 0.5) is 0 Å². The zero-order valence-electron chi connectivity index (χ0n) is 12.6. The van der Waals surface area contributed by atoms with Gasteiger partial charge in [0.1, 0.15) is 0 Å². The Balaban J connectivity index is 2.99. The highest BCUT2D eigenvalue weighted by molar-refractivity contribution is 7.81. The molecule has 0 aromatic carbocycles. The Morgan fingerprint density at radius 2 is 2.06 bits per heavy atom. The van der Waals surface area contributed by atoms with E-state index in [-0.39, 0.29) is 10.3 Å². The van der Waals surface area contributed by atoms with Gasteiger partial charge in [-0.3, -0.25) is 4.90 Å². The van der Waals surface area contributed by atoms with E-state index in [0.29, 0.717) is 5.92 Å². The number of likely N-dealkylation sites (tertiary alicyclic amines) is 1. The minimum atomic E-state index is 0.110. The van der Waals surface area contributed by atoms with Crippen LogP contribution in [-0.4, -0.2) is 28.8 Å². The van der Waals surface area contributed by atoms with Crippen molar-refractivity contribution in [3.63, 3.8) is 0 Å². The predicted octanol–water partition coefficient (Wildman–Crippen LogP) is 4.23. The summed E-state index contributed by atoms with van der Waals surface area (Å²) in [4.78, 5) is 2.59. The number of rotatable bonds is 4. The fraction of sp³-hybridized carbons (Fsp3) is 1.00. The molecular formula is C15H31NS. The molecule has 0 bridgehead atoms. The van der Waals surface area contributed by atoms with E-state index in [4.69, 9.17) is 12.6 Å². The van der Waals surface area contributed by atoms with Crippen LogP contribution in [0.1, 0.15) is 60.3 Å². The normalized spacial score (nSPS) is 34.9. The van der Waals surface area contributed by atoms with Crippen molar-refractivity contribution in [2.75, 3.05) is 13.6 Å². The van der Waals surface area contributed by atoms with Gasteiger partial charge in [0.05, 0.1) is 0 Å². The molecule has 0 spiro atoms. The molecule has 1 saturated heterocycles. The topological polar surface area (TPSA) is 3.24 Å². The van der Waals surface area contributed by atoms with Crippen LogP contribution in [0.15, 0.2) is 0 Å². The van der Waals surface area contributed by atoms with E-state index >= 15 is 0 Å². The van der Waals surface area contributed by atoms with E-state index in [0.717, 1.165) is 5.92 Å². The minimum Gasteiger partial charge on any atom is -0.299 e. The highest BCUT2D eigenvalue weighted by Gasteiger charge is 2.49. The van der Waals surface area contributed by atoms with Crippen molar-refractivity contribution in [2.45, 2.75) is 70.6 Å². The van der Waals surface area contributed by atoms with Crippen molar-refractivity contribution in [2.24, 2.45) is 11.8 Å². The summed E-state index contributed by atoms with van der Waals surface area (Å²) in [6, 6.07) is 0. The first-order chi connectivity index (χ1) is 7.75. The van der Waals surface area contributed by atoms with Crippen LogP contribution >= 0.6 is 12.6 Å². The third-order valence-corrected chi connectivity index (χ3v) is 5.37. The van der Waals surface area contributed by atoms with E-state index < -0.39 is 0 Å². The smallest absolute Gasteiger partial charge is 0.0347 e. The minimum absolute atomic E-state index is 0.110. The Morgan fingerprint density at radius 1 is 1.47 bits per heavy atom. The van der Waals surface area contributed by atoms with Crippen molar-refractivity contribution < 1.29 is 0 Å². The first kappa shape index (κ1) is 15.4. The van der Waals surface area contributed by atoms with Crippen LogP contribution in [0, 0.1) is 11.8 Å². The fourth-order valence-electron chi connectivity index (χ4n) is 3.87. The van der Waals surface area contributed by atoms with Crippen LogP contribution in [0.25, 0.3) is 0 Å². The lowest BCUT2D eigenvalue weighted by Crippen LogP contribution is -2.62. The molecule has 3 unspecified atom stereocenters. The summed E-state index contributed by atoms with van der Waals surface area (Å²) in [7, 11) is 2.30. The summed E-state index contributed by atoms with van der Waals surface area (Å²) >= 11 is 5.09. The lowest BCUT2D eigenvalue weighted by molar-refractivity contribution is 0.00859. The summed E-state index contributed by atoms with van der Waals surface area (Å²) < 4.78 is 0.110. The van der Waals surface area contributed by atoms with Crippen molar-refractivity contribution in [3.8, 4) is 0 Å². The Kier molecular flexibility index (Phi) is 4.99. The molecule has 1 nitrogen and oxygen atoms in total. The van der Waals surface area contributed by atoms with Gasteiger partial charge in [0.15, 0.2) is 0 Å². The first-order valence-electron chi connectivity index (χ1n) is 7.19. The van der Waals surface area contributed by atoms with E-state index in [1.165, 1.54) is 32.2 Å². The third-order valence-electron chi connectivity index (χ3n) is 4.77. The Morgan fingerprint density at radius 3 is 2.53 bits per heavy atom. The molecule has 1 aliphatic heterocycles. The molecule has 17 heavy (non-hydrogen) atoms. The van der Waals surface area contributed by atoms with Crippen LogP contribution < -0.4 is 0 Å². The fourth-order valence-corrected chi connectivity index (χ4v) is 4.66. The van der Waals surface area contributed by atoms with Crippen LogP contribution in [0.5, 0.6) is 0 Å². The third kappa shape index (κ3) is 3.01. The first-order valence-corrected chi connectivity index (χ1v) is 7.63. The van der Waals surface area contributed by atoms with Crippen molar-refractivity contribution >= 4 is 12.6 Å². The largest absolute Gasteiger partial charge is 0.299 e. The zero-order chi connectivity index (χ0) is 13.3. The van der Waals surface area contributed by atoms with Gasteiger partial charge in [0.2, 0.25) is 0 Å². The molecule has 0 aliphatic carbocycles. The molecule has 0 amide bonds. The number of hydrogen-bond acceptors (Lipinski definition) is 2. The summed E-state index contributed by atoms with van der Waals surface area (Å²) in [5.41, 5.74) is 0.276. The van der Waals surface area contributed by atoms with E-state index in [9.17, 15) is 0 Å². The second kappa shape index (κ2) is 5.52. The maximum Gasteiger partial charge on any atom is 0.0347 e. The number of thiol groups is 1. The average Bonchev–Trinajstić information content (AvgIpc) is 2.19. The highest BCUT2D eigenvalue weighted by atomic mass is 32.1. The van der Waals surface area contributed by atoms with Gasteiger partial charge >= 0.3 is 0 Å². The second-order valence-corrected chi connectivity index (χ2v) is 7.76. The van der Waals surface area contributed by atoms with Gasteiger partial charge in [-0.2, -0.15) is 12.6 Å². The average molecular weight is 257 g/mol. The maximum absolute atomic E-state index is 5.09. The molecule has 1 rings (SSSR count). The SMILES string of the molecule is CCC1(C(C)(S)CC(C)C)CC(C)CCN1C. The molecule has 1 fully saturated rings. The molecule has 0 saturated carbocycles. The number of piperidine rings is 1. The number of nitrogens with zero attached hydrogens (tertiary/aromatic N) is 1. The monoisotopic (exact) mass is 257 g/mol. The Hall–Kier alpha value is 0.310. The molecule has 102 valence electrons. The molecule has 0 N–H and O–H groups in total. The van der Waals surface area contributed by atoms with Crippen LogP contribution in [0.2, 0.25) is 0 Å².